The summed E-state index contributed by atoms with van der Waals surface area (Å²) in [4.78, 5) is 25.6. The van der Waals surface area contributed by atoms with E-state index in [0.29, 0.717) is 13.1 Å². The van der Waals surface area contributed by atoms with E-state index in [1.165, 1.54) is 0 Å². The lowest BCUT2D eigenvalue weighted by molar-refractivity contribution is -0.153. The molecule has 20 heavy (non-hydrogen) atoms. The van der Waals surface area contributed by atoms with Gasteiger partial charge in [0, 0.05) is 25.6 Å². The second kappa shape index (κ2) is 7.07. The highest BCUT2D eigenvalue weighted by Gasteiger charge is 2.40. The first-order valence-electron chi connectivity index (χ1n) is 7.53. The van der Waals surface area contributed by atoms with Crippen molar-refractivity contribution in [3.05, 3.63) is 0 Å². The minimum absolute atomic E-state index is 0.0315. The number of rotatable bonds is 6. The number of carbonyl (C=O) groups is 2. The Kier molecular flexibility index (Phi) is 5.99. The highest BCUT2D eigenvalue weighted by atomic mass is 16.4. The van der Waals surface area contributed by atoms with Crippen LogP contribution in [0.25, 0.3) is 0 Å². The fourth-order valence-corrected chi connectivity index (χ4v) is 2.70. The SMILES string of the molecule is CCNCC(C)C(=O)N1CCCC(C(C)(C)C(=O)O)C1. The average Bonchev–Trinajstić information content (AvgIpc) is 2.43. The quantitative estimate of drug-likeness (QED) is 0.777. The Hall–Kier alpha value is -1.10. The topological polar surface area (TPSA) is 69.6 Å². The number of hydrogen-bond acceptors (Lipinski definition) is 3. The third kappa shape index (κ3) is 3.95. The predicted molar refractivity (Wildman–Crippen MR) is 78.4 cm³/mol. The molecule has 2 unspecified atom stereocenters. The van der Waals surface area contributed by atoms with Gasteiger partial charge in [-0.3, -0.25) is 9.59 Å². The second-order valence-corrected chi connectivity index (χ2v) is 6.36. The Labute approximate surface area is 121 Å². The lowest BCUT2D eigenvalue weighted by Gasteiger charge is -2.40. The van der Waals surface area contributed by atoms with E-state index in [4.69, 9.17) is 0 Å². The molecule has 1 rings (SSSR count). The van der Waals surface area contributed by atoms with Crippen molar-refractivity contribution in [1.82, 2.24) is 10.2 Å². The predicted octanol–water partition coefficient (Wildman–Crippen LogP) is 1.58. The summed E-state index contributed by atoms with van der Waals surface area (Å²) in [6, 6.07) is 0. The van der Waals surface area contributed by atoms with Crippen molar-refractivity contribution in [1.29, 1.82) is 0 Å². The number of aliphatic carboxylic acids is 1. The van der Waals surface area contributed by atoms with Crippen LogP contribution < -0.4 is 5.32 Å². The van der Waals surface area contributed by atoms with Gasteiger partial charge in [-0.15, -0.1) is 0 Å². The molecule has 1 amide bonds. The number of nitrogens with zero attached hydrogens (tertiary/aromatic N) is 1. The molecule has 0 saturated carbocycles. The standard InChI is InChI=1S/C15H28N2O3/c1-5-16-9-11(2)13(18)17-8-6-7-12(10-17)15(3,4)14(19)20/h11-12,16H,5-10H2,1-4H3,(H,19,20). The zero-order valence-corrected chi connectivity index (χ0v) is 13.1. The van der Waals surface area contributed by atoms with Crippen molar-refractivity contribution >= 4 is 11.9 Å². The number of carbonyl (C=O) groups excluding carboxylic acids is 1. The van der Waals surface area contributed by atoms with E-state index in [9.17, 15) is 14.7 Å². The van der Waals surface area contributed by atoms with Gasteiger partial charge in [-0.25, -0.2) is 0 Å². The van der Waals surface area contributed by atoms with Gasteiger partial charge in [0.25, 0.3) is 0 Å². The summed E-state index contributed by atoms with van der Waals surface area (Å²) in [7, 11) is 0. The van der Waals surface area contributed by atoms with Crippen molar-refractivity contribution in [2.45, 2.75) is 40.5 Å². The molecule has 1 saturated heterocycles. The maximum atomic E-state index is 12.4. The summed E-state index contributed by atoms with van der Waals surface area (Å²) >= 11 is 0. The molecule has 0 bridgehead atoms. The number of hydrogen-bond donors (Lipinski definition) is 2. The highest BCUT2D eigenvalue weighted by molar-refractivity contribution is 5.79. The van der Waals surface area contributed by atoms with Gasteiger partial charge in [0.05, 0.1) is 5.41 Å². The number of carboxylic acids is 1. The summed E-state index contributed by atoms with van der Waals surface area (Å²) in [5.41, 5.74) is -0.774. The van der Waals surface area contributed by atoms with Gasteiger partial charge >= 0.3 is 5.97 Å². The zero-order valence-electron chi connectivity index (χ0n) is 13.1. The third-order valence-electron chi connectivity index (χ3n) is 4.43. The molecule has 2 N–H and O–H groups in total. The van der Waals surface area contributed by atoms with Crippen LogP contribution in [0.1, 0.15) is 40.5 Å². The molecule has 1 aliphatic heterocycles. The first-order valence-corrected chi connectivity index (χ1v) is 7.53. The molecule has 1 aliphatic rings. The molecular formula is C15H28N2O3. The number of amides is 1. The van der Waals surface area contributed by atoms with Crippen LogP contribution in [0.15, 0.2) is 0 Å². The first kappa shape index (κ1) is 17.0. The van der Waals surface area contributed by atoms with Gasteiger partial charge in [-0.1, -0.05) is 13.8 Å². The molecule has 0 radical (unpaired) electrons. The largest absolute Gasteiger partial charge is 0.481 e. The molecule has 5 heteroatoms. The number of nitrogens with one attached hydrogen (secondary N) is 1. The zero-order chi connectivity index (χ0) is 15.3. The Morgan fingerprint density at radius 3 is 2.65 bits per heavy atom. The van der Waals surface area contributed by atoms with Gasteiger partial charge in [0.15, 0.2) is 0 Å². The summed E-state index contributed by atoms with van der Waals surface area (Å²) < 4.78 is 0. The monoisotopic (exact) mass is 284 g/mol. The molecule has 0 aromatic heterocycles. The minimum atomic E-state index is -0.780. The first-order chi connectivity index (χ1) is 9.30. The van der Waals surface area contributed by atoms with Crippen LogP contribution in [-0.4, -0.2) is 48.1 Å². The van der Waals surface area contributed by atoms with Crippen LogP contribution in [0.3, 0.4) is 0 Å². The molecule has 1 fully saturated rings. The van der Waals surface area contributed by atoms with E-state index in [-0.39, 0.29) is 17.7 Å². The average molecular weight is 284 g/mol. The molecule has 116 valence electrons. The van der Waals surface area contributed by atoms with E-state index in [1.54, 1.807) is 13.8 Å². The number of likely N-dealkylation sites (tertiary alicyclic amines) is 1. The van der Waals surface area contributed by atoms with Crippen LogP contribution in [0.4, 0.5) is 0 Å². The summed E-state index contributed by atoms with van der Waals surface area (Å²) in [6.07, 6.45) is 1.77. The van der Waals surface area contributed by atoms with Gasteiger partial charge in [-0.05, 0) is 39.2 Å². The van der Waals surface area contributed by atoms with Gasteiger partial charge in [0.1, 0.15) is 0 Å². The minimum Gasteiger partial charge on any atom is -0.481 e. The molecule has 5 nitrogen and oxygen atoms in total. The fraction of sp³-hybridized carbons (Fsp3) is 0.867. The van der Waals surface area contributed by atoms with Crippen LogP contribution in [-0.2, 0) is 9.59 Å². The van der Waals surface area contributed by atoms with Gasteiger partial charge in [-0.2, -0.15) is 0 Å². The van der Waals surface area contributed by atoms with Gasteiger partial charge < -0.3 is 15.3 Å². The number of carboxylic acid groups (broad SMARTS) is 1. The maximum Gasteiger partial charge on any atom is 0.309 e. The van der Waals surface area contributed by atoms with Crippen LogP contribution in [0, 0.1) is 17.3 Å². The summed E-state index contributed by atoms with van der Waals surface area (Å²) in [5, 5.41) is 12.5. The Bertz CT molecular complexity index is 355. The lowest BCUT2D eigenvalue weighted by Crippen LogP contribution is -2.49. The summed E-state index contributed by atoms with van der Waals surface area (Å²) in [6.45, 7) is 10.3. The van der Waals surface area contributed by atoms with E-state index in [2.05, 4.69) is 5.32 Å². The van der Waals surface area contributed by atoms with Crippen molar-refractivity contribution < 1.29 is 14.7 Å². The lowest BCUT2D eigenvalue weighted by atomic mass is 9.74. The van der Waals surface area contributed by atoms with Crippen molar-refractivity contribution in [3.63, 3.8) is 0 Å². The van der Waals surface area contributed by atoms with E-state index >= 15 is 0 Å². The molecule has 0 aromatic carbocycles. The molecule has 1 heterocycles. The maximum absolute atomic E-state index is 12.4. The van der Waals surface area contributed by atoms with Crippen molar-refractivity contribution in [2.24, 2.45) is 17.3 Å². The molecular weight excluding hydrogens is 256 g/mol. The number of piperidine rings is 1. The van der Waals surface area contributed by atoms with Crippen LogP contribution in [0.5, 0.6) is 0 Å². The molecule has 2 atom stereocenters. The Balaban J connectivity index is 2.65. The van der Waals surface area contributed by atoms with Crippen molar-refractivity contribution in [3.8, 4) is 0 Å². The molecule has 0 aromatic rings. The normalized spacial score (nSPS) is 21.6. The highest BCUT2D eigenvalue weighted by Crippen LogP contribution is 2.34. The Morgan fingerprint density at radius 1 is 1.45 bits per heavy atom. The second-order valence-electron chi connectivity index (χ2n) is 6.36. The third-order valence-corrected chi connectivity index (χ3v) is 4.43. The van der Waals surface area contributed by atoms with E-state index in [1.807, 2.05) is 18.7 Å². The Morgan fingerprint density at radius 2 is 2.10 bits per heavy atom. The fourth-order valence-electron chi connectivity index (χ4n) is 2.70. The summed E-state index contributed by atoms with van der Waals surface area (Å²) in [5.74, 6) is -0.667. The molecule has 0 spiro atoms. The van der Waals surface area contributed by atoms with Crippen LogP contribution >= 0.6 is 0 Å². The van der Waals surface area contributed by atoms with E-state index in [0.717, 1.165) is 25.9 Å². The van der Waals surface area contributed by atoms with E-state index < -0.39 is 11.4 Å². The van der Waals surface area contributed by atoms with Crippen LogP contribution in [0.2, 0.25) is 0 Å². The smallest absolute Gasteiger partial charge is 0.309 e. The molecule has 0 aliphatic carbocycles. The van der Waals surface area contributed by atoms with Gasteiger partial charge in [0.2, 0.25) is 5.91 Å². The van der Waals surface area contributed by atoms with Crippen molar-refractivity contribution in [2.75, 3.05) is 26.2 Å².